The fraction of sp³-hybridized carbons (Fsp3) is 0.333. The molecule has 0 N–H and O–H groups in total. The fourth-order valence-corrected chi connectivity index (χ4v) is 2.49. The van der Waals surface area contributed by atoms with Gasteiger partial charge in [-0.2, -0.15) is 8.75 Å². The van der Waals surface area contributed by atoms with Crippen LogP contribution in [0.4, 0.5) is 0 Å². The number of aromatic nitrogens is 2. The van der Waals surface area contributed by atoms with E-state index in [1.165, 1.54) is 9.58 Å². The third-order valence-electron chi connectivity index (χ3n) is 1.43. The minimum Gasteiger partial charge on any atom is -0.195 e. The summed E-state index contributed by atoms with van der Waals surface area (Å²) in [4.78, 5) is 1.28. The normalized spacial score (nSPS) is 11.0. The van der Waals surface area contributed by atoms with Gasteiger partial charge in [0, 0.05) is 4.88 Å². The predicted molar refractivity (Wildman–Crippen MR) is 44.8 cm³/mol. The maximum atomic E-state index is 4.27. The van der Waals surface area contributed by atoms with Crippen LogP contribution in [0.2, 0.25) is 0 Å². The molecule has 0 saturated carbocycles. The van der Waals surface area contributed by atoms with Crippen molar-refractivity contribution in [2.75, 3.05) is 0 Å². The van der Waals surface area contributed by atoms with E-state index in [1.807, 2.05) is 6.92 Å². The molecule has 2 aromatic rings. The summed E-state index contributed by atoms with van der Waals surface area (Å²) in [6.07, 6.45) is 0. The highest BCUT2D eigenvalue weighted by Gasteiger charge is 2.06. The van der Waals surface area contributed by atoms with Gasteiger partial charge in [0.1, 0.15) is 5.52 Å². The smallest absolute Gasteiger partial charge is 0.118 e. The number of fused-ring (bicyclic) bond motifs is 1. The molecule has 10 heavy (non-hydrogen) atoms. The lowest BCUT2D eigenvalue weighted by atomic mass is 10.4. The molecule has 0 atom stereocenters. The van der Waals surface area contributed by atoms with Crippen molar-refractivity contribution in [3.8, 4) is 0 Å². The van der Waals surface area contributed by atoms with Crippen molar-refractivity contribution in [2.24, 2.45) is 0 Å². The molecule has 0 saturated heterocycles. The lowest BCUT2D eigenvalue weighted by Gasteiger charge is -1.72. The number of hydrogen-bond donors (Lipinski definition) is 0. The lowest BCUT2D eigenvalue weighted by Crippen LogP contribution is -1.66. The van der Waals surface area contributed by atoms with Crippen LogP contribution in [0.5, 0.6) is 0 Å². The molecule has 2 rings (SSSR count). The van der Waals surface area contributed by atoms with Gasteiger partial charge >= 0.3 is 0 Å². The zero-order valence-electron chi connectivity index (χ0n) is 5.71. The van der Waals surface area contributed by atoms with E-state index >= 15 is 0 Å². The molecule has 0 radical (unpaired) electrons. The molecule has 0 fully saturated rings. The second-order valence-electron chi connectivity index (χ2n) is 2.18. The first-order valence-corrected chi connectivity index (χ1v) is 4.52. The molecule has 0 aliphatic heterocycles. The molecule has 2 aromatic heterocycles. The Balaban J connectivity index is 2.95. The van der Waals surface area contributed by atoms with Crippen molar-refractivity contribution in [3.63, 3.8) is 0 Å². The molecular formula is C6H6N2S2. The highest BCUT2D eigenvalue weighted by atomic mass is 32.1. The van der Waals surface area contributed by atoms with Gasteiger partial charge in [-0.3, -0.25) is 0 Å². The number of hydrogen-bond acceptors (Lipinski definition) is 4. The van der Waals surface area contributed by atoms with Gasteiger partial charge in [0.2, 0.25) is 0 Å². The largest absolute Gasteiger partial charge is 0.195 e. The van der Waals surface area contributed by atoms with Gasteiger partial charge in [-0.05, 0) is 36.9 Å². The summed E-state index contributed by atoms with van der Waals surface area (Å²) in [5, 5.41) is 0. The summed E-state index contributed by atoms with van der Waals surface area (Å²) in [6.45, 7) is 4.08. The van der Waals surface area contributed by atoms with Gasteiger partial charge < -0.3 is 0 Å². The van der Waals surface area contributed by atoms with Crippen molar-refractivity contribution in [3.05, 3.63) is 10.6 Å². The zero-order valence-corrected chi connectivity index (χ0v) is 7.34. The molecule has 0 bridgehead atoms. The molecule has 4 heteroatoms. The van der Waals surface area contributed by atoms with E-state index in [0.29, 0.717) is 0 Å². The summed E-state index contributed by atoms with van der Waals surface area (Å²) in [6, 6.07) is 0. The topological polar surface area (TPSA) is 25.8 Å². The average Bonchev–Trinajstić information content (AvgIpc) is 2.41. The maximum absolute atomic E-state index is 4.27. The van der Waals surface area contributed by atoms with Crippen molar-refractivity contribution in [1.29, 1.82) is 0 Å². The highest BCUT2D eigenvalue weighted by Crippen LogP contribution is 2.26. The molecular weight excluding hydrogens is 164 g/mol. The predicted octanol–water partition coefficient (Wildman–Crippen LogP) is 2.37. The van der Waals surface area contributed by atoms with Crippen molar-refractivity contribution >= 4 is 33.3 Å². The van der Waals surface area contributed by atoms with E-state index in [2.05, 4.69) is 15.7 Å². The van der Waals surface area contributed by atoms with E-state index in [0.717, 1.165) is 11.2 Å². The first-order valence-electron chi connectivity index (χ1n) is 2.97. The van der Waals surface area contributed by atoms with Gasteiger partial charge in [0.05, 0.1) is 10.4 Å². The van der Waals surface area contributed by atoms with Crippen LogP contribution in [-0.2, 0) is 0 Å². The molecule has 0 unspecified atom stereocenters. The summed E-state index contributed by atoms with van der Waals surface area (Å²) >= 11 is 3.10. The van der Waals surface area contributed by atoms with E-state index in [4.69, 9.17) is 0 Å². The Labute approximate surface area is 66.8 Å². The summed E-state index contributed by atoms with van der Waals surface area (Å²) in [5.74, 6) is 0. The molecule has 0 amide bonds. The molecule has 2 heterocycles. The van der Waals surface area contributed by atoms with E-state index in [1.54, 1.807) is 23.1 Å². The van der Waals surface area contributed by atoms with Gasteiger partial charge in [-0.1, -0.05) is 0 Å². The van der Waals surface area contributed by atoms with Gasteiger partial charge in [-0.15, -0.1) is 0 Å². The van der Waals surface area contributed by atoms with Crippen LogP contribution in [0.15, 0.2) is 0 Å². The van der Waals surface area contributed by atoms with Crippen molar-refractivity contribution in [2.45, 2.75) is 13.8 Å². The summed E-state index contributed by atoms with van der Waals surface area (Å²) < 4.78 is 9.72. The zero-order chi connectivity index (χ0) is 7.14. The van der Waals surface area contributed by atoms with Crippen molar-refractivity contribution < 1.29 is 0 Å². The second kappa shape index (κ2) is 2.00. The van der Waals surface area contributed by atoms with Crippen LogP contribution in [0.25, 0.3) is 10.2 Å². The Morgan fingerprint density at radius 2 is 1.90 bits per heavy atom. The summed E-state index contributed by atoms with van der Waals surface area (Å²) in [7, 11) is 0. The third-order valence-corrected chi connectivity index (χ3v) is 3.35. The maximum Gasteiger partial charge on any atom is 0.118 e. The van der Waals surface area contributed by atoms with Gasteiger partial charge in [0.25, 0.3) is 0 Å². The third kappa shape index (κ3) is 0.690. The van der Waals surface area contributed by atoms with Crippen LogP contribution in [0.3, 0.4) is 0 Å². The highest BCUT2D eigenvalue weighted by molar-refractivity contribution is 7.18. The Kier molecular flexibility index (Phi) is 1.25. The minimum atomic E-state index is 1.06. The first kappa shape index (κ1) is 6.24. The summed E-state index contributed by atoms with van der Waals surface area (Å²) in [5.41, 5.74) is 2.15. The van der Waals surface area contributed by atoms with Crippen molar-refractivity contribution in [1.82, 2.24) is 8.75 Å². The Morgan fingerprint density at radius 1 is 1.10 bits per heavy atom. The van der Waals surface area contributed by atoms with Crippen LogP contribution in [0.1, 0.15) is 10.6 Å². The lowest BCUT2D eigenvalue weighted by molar-refractivity contribution is 1.35. The standard InChI is InChI=1S/C6H6N2S2/c1-3-5-6(10-7-3)4(2)9-8-5/h1-2H3. The quantitative estimate of drug-likeness (QED) is 0.606. The van der Waals surface area contributed by atoms with E-state index < -0.39 is 0 Å². The average molecular weight is 170 g/mol. The van der Waals surface area contributed by atoms with Crippen LogP contribution >= 0.6 is 23.1 Å². The molecule has 0 aromatic carbocycles. The SMILES string of the molecule is Cc1nsc2c(C)snc12. The molecule has 0 aliphatic rings. The molecule has 2 nitrogen and oxygen atoms in total. The Hall–Kier alpha value is -0.480. The van der Waals surface area contributed by atoms with Crippen LogP contribution in [-0.4, -0.2) is 8.75 Å². The van der Waals surface area contributed by atoms with Crippen LogP contribution in [0, 0.1) is 13.8 Å². The molecule has 0 spiro atoms. The Bertz CT molecular complexity index is 325. The second-order valence-corrected chi connectivity index (χ2v) is 3.94. The van der Waals surface area contributed by atoms with E-state index in [-0.39, 0.29) is 0 Å². The Morgan fingerprint density at radius 3 is 2.60 bits per heavy atom. The first-order chi connectivity index (χ1) is 4.79. The monoisotopic (exact) mass is 170 g/mol. The number of rotatable bonds is 0. The molecule has 0 aliphatic carbocycles. The van der Waals surface area contributed by atoms with Gasteiger partial charge in [0.15, 0.2) is 0 Å². The minimum absolute atomic E-state index is 1.06. The number of aryl methyl sites for hydroxylation is 2. The molecule has 52 valence electrons. The number of nitrogens with zero attached hydrogens (tertiary/aromatic N) is 2. The van der Waals surface area contributed by atoms with E-state index in [9.17, 15) is 0 Å². The van der Waals surface area contributed by atoms with Crippen LogP contribution < -0.4 is 0 Å². The van der Waals surface area contributed by atoms with Gasteiger partial charge in [-0.25, -0.2) is 0 Å². The fourth-order valence-electron chi connectivity index (χ4n) is 0.859.